The molecule has 20 heteroatoms. The minimum Gasteiger partial charge on any atom is -0.198 e. The second-order valence-electron chi connectivity index (χ2n) is 5.77. The van der Waals surface area contributed by atoms with Crippen molar-refractivity contribution >= 4 is 0 Å². The Labute approximate surface area is 148 Å². The molecule has 0 radical (unpaired) electrons. The number of rotatable bonds is 3. The smallest absolute Gasteiger partial charge is 0.198 e. The van der Waals surface area contributed by atoms with Gasteiger partial charge in [0, 0.05) is 0 Å². The summed E-state index contributed by atoms with van der Waals surface area (Å²) >= 11 is 0. The summed E-state index contributed by atoms with van der Waals surface area (Å²) < 4.78 is 260. The maximum atomic E-state index is 13.7. The minimum absolute atomic E-state index is 8.25. The lowest BCUT2D eigenvalue weighted by atomic mass is 9.66. The quantitative estimate of drug-likeness (QED) is 0.386. The van der Waals surface area contributed by atoms with Gasteiger partial charge in [0.2, 0.25) is 0 Å². The number of hydrogen-bond acceptors (Lipinski definition) is 0. The molecule has 0 aromatic carbocycles. The van der Waals surface area contributed by atoms with Crippen molar-refractivity contribution in [1.29, 1.82) is 0 Å². The first-order valence-electron chi connectivity index (χ1n) is 6.28. The third kappa shape index (κ3) is 2.22. The summed E-state index contributed by atoms with van der Waals surface area (Å²) in [5, 5.41) is 0. The summed E-state index contributed by atoms with van der Waals surface area (Å²) in [5.41, 5.74) is -9.36. The molecule has 0 aliphatic heterocycles. The van der Waals surface area contributed by atoms with Crippen LogP contribution in [0, 0.1) is 5.41 Å². The molecule has 0 spiro atoms. The van der Waals surface area contributed by atoms with Crippen LogP contribution in [0.3, 0.4) is 0 Å². The molecule has 0 amide bonds. The normalized spacial score (nSPS) is 26.0. The van der Waals surface area contributed by atoms with Crippen LogP contribution in [0.1, 0.15) is 0 Å². The molecule has 180 valence electrons. The summed E-state index contributed by atoms with van der Waals surface area (Å²) in [6.07, 6.45) is -16.7. The third-order valence-electron chi connectivity index (χ3n) is 4.17. The van der Waals surface area contributed by atoms with Crippen LogP contribution in [0.25, 0.3) is 0 Å². The molecule has 30 heavy (non-hydrogen) atoms. The van der Waals surface area contributed by atoms with Gasteiger partial charge in [-0.15, -0.1) is 0 Å². The lowest BCUT2D eigenvalue weighted by Crippen LogP contribution is -2.79. The van der Waals surface area contributed by atoms with Crippen LogP contribution in [0.4, 0.5) is 87.8 Å². The lowest BCUT2D eigenvalue weighted by Gasteiger charge is -2.49. The highest BCUT2D eigenvalue weighted by Crippen LogP contribution is 2.82. The third-order valence-corrected chi connectivity index (χ3v) is 4.17. The first-order valence-corrected chi connectivity index (χ1v) is 6.28. The van der Waals surface area contributed by atoms with Gasteiger partial charge in [-0.1, -0.05) is 0 Å². The highest BCUT2D eigenvalue weighted by Gasteiger charge is 3.13. The number of hydrogen-bond donors (Lipinski definition) is 0. The number of halogens is 20. The summed E-state index contributed by atoms with van der Waals surface area (Å²) in [6, 6.07) is 0. The van der Waals surface area contributed by atoms with Gasteiger partial charge in [0.05, 0.1) is 0 Å². The van der Waals surface area contributed by atoms with E-state index in [0.29, 0.717) is 0 Å². The Kier molecular flexibility index (Phi) is 5.05. The van der Waals surface area contributed by atoms with Crippen LogP contribution < -0.4 is 0 Å². The fourth-order valence-corrected chi connectivity index (χ4v) is 2.67. The Morgan fingerprint density at radius 1 is 0.333 bits per heavy atom. The van der Waals surface area contributed by atoms with E-state index in [9.17, 15) is 87.8 Å². The van der Waals surface area contributed by atoms with Crippen LogP contribution in [0.2, 0.25) is 0 Å². The molecule has 1 aliphatic carbocycles. The summed E-state index contributed by atoms with van der Waals surface area (Å²) in [5.74, 6) is -61.8. The van der Waals surface area contributed by atoms with Gasteiger partial charge < -0.3 is 0 Å². The molecule has 0 unspecified atom stereocenters. The van der Waals surface area contributed by atoms with Gasteiger partial charge in [-0.25, -0.2) is 0 Å². The minimum atomic E-state index is -9.36. The van der Waals surface area contributed by atoms with Gasteiger partial charge in [0.1, 0.15) is 0 Å². The van der Waals surface area contributed by atoms with E-state index < -0.39 is 59.2 Å². The molecule has 0 nitrogen and oxygen atoms in total. The second kappa shape index (κ2) is 5.69. The Morgan fingerprint density at radius 3 is 0.800 bits per heavy atom. The number of alkyl halides is 20. The molecule has 0 aromatic rings. The fourth-order valence-electron chi connectivity index (χ4n) is 2.67. The molecule has 0 saturated heterocycles. The fraction of sp³-hybridized carbons (Fsp3) is 1.00. The molecule has 0 aromatic heterocycles. The van der Waals surface area contributed by atoms with Crippen molar-refractivity contribution in [3.8, 4) is 0 Å². The first kappa shape index (κ1) is 26.6. The average molecular weight is 500 g/mol. The van der Waals surface area contributed by atoms with Gasteiger partial charge >= 0.3 is 53.8 Å². The van der Waals surface area contributed by atoms with E-state index in [-0.39, 0.29) is 0 Å². The molecule has 1 rings (SSSR count). The molecule has 0 bridgehead atoms. The van der Waals surface area contributed by atoms with E-state index >= 15 is 0 Å². The van der Waals surface area contributed by atoms with Crippen molar-refractivity contribution in [2.45, 2.75) is 53.8 Å². The van der Waals surface area contributed by atoms with Crippen LogP contribution >= 0.6 is 0 Å². The van der Waals surface area contributed by atoms with Crippen molar-refractivity contribution in [3.63, 3.8) is 0 Å². The van der Waals surface area contributed by atoms with Crippen molar-refractivity contribution in [2.75, 3.05) is 0 Å². The maximum absolute atomic E-state index is 13.7. The zero-order valence-electron chi connectivity index (χ0n) is 12.6. The highest BCUT2D eigenvalue weighted by atomic mass is 19.4. The summed E-state index contributed by atoms with van der Waals surface area (Å²) in [4.78, 5) is 0. The molecule has 1 saturated carbocycles. The molecule has 1 aliphatic rings. The Balaban J connectivity index is 4.48. The molecular weight excluding hydrogens is 500 g/mol. The van der Waals surface area contributed by atoms with Crippen LogP contribution in [-0.4, -0.2) is 53.8 Å². The second-order valence-corrected chi connectivity index (χ2v) is 5.77. The lowest BCUT2D eigenvalue weighted by molar-refractivity contribution is -0.486. The average Bonchev–Trinajstić information content (AvgIpc) is 2.48. The predicted octanol–water partition coefficient (Wildman–Crippen LogP) is 6.56. The van der Waals surface area contributed by atoms with Crippen molar-refractivity contribution in [2.24, 2.45) is 5.41 Å². The van der Waals surface area contributed by atoms with E-state index in [1.54, 1.807) is 0 Å². The standard InChI is InChI=1S/C10F20/c11-2(12)1(5(17,18)9(25,26)27,3(13,14)7(21,22)6(2,19)20)4(15,16)8(23,24)10(28,29)30. The molecule has 0 heterocycles. The van der Waals surface area contributed by atoms with E-state index in [4.69, 9.17) is 0 Å². The van der Waals surface area contributed by atoms with Crippen molar-refractivity contribution < 1.29 is 87.8 Å². The molecular formula is C10F20. The topological polar surface area (TPSA) is 0 Å². The van der Waals surface area contributed by atoms with Crippen LogP contribution in [-0.2, 0) is 0 Å². The zero-order chi connectivity index (χ0) is 25.0. The Hall–Kier alpha value is -1.40. The van der Waals surface area contributed by atoms with E-state index in [2.05, 4.69) is 0 Å². The largest absolute Gasteiger partial charge is 0.459 e. The van der Waals surface area contributed by atoms with Crippen LogP contribution in [0.5, 0.6) is 0 Å². The first-order chi connectivity index (χ1) is 12.5. The van der Waals surface area contributed by atoms with E-state index in [0.717, 1.165) is 0 Å². The molecule has 1 fully saturated rings. The molecule has 0 atom stereocenters. The highest BCUT2D eigenvalue weighted by molar-refractivity contribution is 5.35. The van der Waals surface area contributed by atoms with E-state index in [1.807, 2.05) is 0 Å². The van der Waals surface area contributed by atoms with Crippen LogP contribution in [0.15, 0.2) is 0 Å². The van der Waals surface area contributed by atoms with Gasteiger partial charge in [0.25, 0.3) is 5.41 Å². The van der Waals surface area contributed by atoms with Gasteiger partial charge in [0.15, 0.2) is 0 Å². The zero-order valence-corrected chi connectivity index (χ0v) is 12.6. The van der Waals surface area contributed by atoms with Gasteiger partial charge in [-0.05, 0) is 0 Å². The Bertz CT molecular complexity index is 661. The van der Waals surface area contributed by atoms with Gasteiger partial charge in [-0.3, -0.25) is 0 Å². The maximum Gasteiger partial charge on any atom is 0.459 e. The summed E-state index contributed by atoms with van der Waals surface area (Å²) in [6.45, 7) is 0. The molecule has 0 N–H and O–H groups in total. The SMILES string of the molecule is FC(F)(F)C(F)(F)C(F)(F)C1(C(F)(F)C(F)(F)F)C(F)(F)C(F)(F)C(F)(F)C1(F)F. The summed E-state index contributed by atoms with van der Waals surface area (Å²) in [7, 11) is 0. The van der Waals surface area contributed by atoms with E-state index in [1.165, 1.54) is 0 Å². The van der Waals surface area contributed by atoms with Gasteiger partial charge in [-0.2, -0.15) is 87.8 Å². The van der Waals surface area contributed by atoms with Crippen molar-refractivity contribution in [1.82, 2.24) is 0 Å². The predicted molar refractivity (Wildman–Crippen MR) is 49.2 cm³/mol. The monoisotopic (exact) mass is 500 g/mol. The van der Waals surface area contributed by atoms with Crippen molar-refractivity contribution in [3.05, 3.63) is 0 Å². The Morgan fingerprint density at radius 2 is 0.600 bits per heavy atom.